The number of H-pyrrole nitrogens is 1. The van der Waals surface area contributed by atoms with Gasteiger partial charge in [-0.15, -0.1) is 0 Å². The first kappa shape index (κ1) is 20.0. The third kappa shape index (κ3) is 6.16. The van der Waals surface area contributed by atoms with E-state index in [4.69, 9.17) is 21.2 Å². The van der Waals surface area contributed by atoms with E-state index in [1.807, 2.05) is 54.6 Å². The van der Waals surface area contributed by atoms with Gasteiger partial charge < -0.3 is 9.84 Å². The van der Waals surface area contributed by atoms with E-state index in [1.165, 1.54) is 0 Å². The van der Waals surface area contributed by atoms with Crippen molar-refractivity contribution in [3.8, 4) is 11.6 Å². The van der Waals surface area contributed by atoms with Crippen molar-refractivity contribution in [2.75, 3.05) is 13.2 Å². The maximum Gasteiger partial charge on any atom is 0.307 e. The standard InChI is InChI=1S/C20H19ClN2O4S/c21-16-5-1-14(2-6-16)9-10-22-27-12-11-26-17-7-3-15(4-8-17)13-18-19(24)23-20(25)28-18/h1-10,22,24H,11-13H2,(H,23,25). The van der Waals surface area contributed by atoms with E-state index in [0.29, 0.717) is 29.5 Å². The highest BCUT2D eigenvalue weighted by molar-refractivity contribution is 7.09. The predicted octanol–water partition coefficient (Wildman–Crippen LogP) is 3.96. The fraction of sp³-hybridized carbons (Fsp3) is 0.150. The number of aromatic hydroxyl groups is 1. The van der Waals surface area contributed by atoms with E-state index in [-0.39, 0.29) is 10.8 Å². The van der Waals surface area contributed by atoms with Gasteiger partial charge in [-0.3, -0.25) is 20.1 Å². The Hall–Kier alpha value is -2.74. The molecule has 0 saturated carbocycles. The number of hydroxylamine groups is 1. The number of hydrogen-bond acceptors (Lipinski definition) is 6. The molecule has 28 heavy (non-hydrogen) atoms. The molecule has 0 bridgehead atoms. The Morgan fingerprint density at radius 3 is 2.54 bits per heavy atom. The van der Waals surface area contributed by atoms with E-state index in [1.54, 1.807) is 6.20 Å². The zero-order valence-corrected chi connectivity index (χ0v) is 16.4. The van der Waals surface area contributed by atoms with Crippen LogP contribution in [-0.4, -0.2) is 23.3 Å². The summed E-state index contributed by atoms with van der Waals surface area (Å²) < 4.78 is 5.61. The zero-order chi connectivity index (χ0) is 19.8. The normalized spacial score (nSPS) is 11.0. The van der Waals surface area contributed by atoms with E-state index in [9.17, 15) is 9.90 Å². The Morgan fingerprint density at radius 1 is 1.11 bits per heavy atom. The van der Waals surface area contributed by atoms with Crippen molar-refractivity contribution in [3.63, 3.8) is 0 Å². The summed E-state index contributed by atoms with van der Waals surface area (Å²) in [4.78, 5) is 19.2. The van der Waals surface area contributed by atoms with Gasteiger partial charge in [-0.1, -0.05) is 47.2 Å². The molecule has 0 radical (unpaired) electrons. The van der Waals surface area contributed by atoms with E-state index < -0.39 is 0 Å². The van der Waals surface area contributed by atoms with Crippen molar-refractivity contribution < 1.29 is 14.7 Å². The van der Waals surface area contributed by atoms with Crippen LogP contribution < -0.4 is 15.1 Å². The molecule has 0 aliphatic rings. The molecule has 1 aromatic heterocycles. The van der Waals surface area contributed by atoms with Gasteiger partial charge in [-0.2, -0.15) is 0 Å². The maximum atomic E-state index is 11.2. The highest BCUT2D eigenvalue weighted by atomic mass is 35.5. The quantitative estimate of drug-likeness (QED) is 0.362. The molecule has 0 amide bonds. The molecule has 3 rings (SSSR count). The van der Waals surface area contributed by atoms with Gasteiger partial charge in [0.05, 0.1) is 4.88 Å². The molecule has 0 atom stereocenters. The van der Waals surface area contributed by atoms with Crippen LogP contribution in [0, 0.1) is 0 Å². The molecule has 3 aromatic rings. The van der Waals surface area contributed by atoms with Crippen LogP contribution in [0.4, 0.5) is 0 Å². The molecule has 2 aromatic carbocycles. The van der Waals surface area contributed by atoms with Crippen molar-refractivity contribution >= 4 is 29.0 Å². The van der Waals surface area contributed by atoms with Crippen molar-refractivity contribution in [2.45, 2.75) is 6.42 Å². The summed E-state index contributed by atoms with van der Waals surface area (Å²) in [6, 6.07) is 14.9. The molecular formula is C20H19ClN2O4S. The highest BCUT2D eigenvalue weighted by Crippen LogP contribution is 2.21. The Kier molecular flexibility index (Phi) is 7.13. The molecule has 0 spiro atoms. The van der Waals surface area contributed by atoms with Crippen LogP contribution in [0.15, 0.2) is 59.5 Å². The second kappa shape index (κ2) is 9.98. The summed E-state index contributed by atoms with van der Waals surface area (Å²) in [5.41, 5.74) is 4.72. The Bertz CT molecular complexity index is 965. The van der Waals surface area contributed by atoms with Gasteiger partial charge in [-0.25, -0.2) is 0 Å². The summed E-state index contributed by atoms with van der Waals surface area (Å²) in [5, 5.41) is 10.3. The zero-order valence-electron chi connectivity index (χ0n) is 14.9. The second-order valence-corrected chi connectivity index (χ2v) is 7.31. The number of hydrogen-bond donors (Lipinski definition) is 3. The third-order valence-corrected chi connectivity index (χ3v) is 4.86. The summed E-state index contributed by atoms with van der Waals surface area (Å²) in [6.45, 7) is 0.763. The topological polar surface area (TPSA) is 83.6 Å². The minimum absolute atomic E-state index is 0.0647. The number of benzene rings is 2. The van der Waals surface area contributed by atoms with Crippen molar-refractivity contribution in [2.24, 2.45) is 0 Å². The molecule has 146 valence electrons. The molecule has 3 N–H and O–H groups in total. The largest absolute Gasteiger partial charge is 0.494 e. The van der Waals surface area contributed by atoms with Crippen LogP contribution >= 0.6 is 22.9 Å². The van der Waals surface area contributed by atoms with Gasteiger partial charge in [-0.05, 0) is 41.5 Å². The Labute approximate surface area is 171 Å². The van der Waals surface area contributed by atoms with Crippen molar-refractivity contribution in [3.05, 3.63) is 85.4 Å². The first-order valence-corrected chi connectivity index (χ1v) is 9.72. The average Bonchev–Trinajstić information content (AvgIpc) is 3.00. The van der Waals surface area contributed by atoms with Crippen LogP contribution in [0.5, 0.6) is 11.6 Å². The van der Waals surface area contributed by atoms with Crippen LogP contribution in [0.2, 0.25) is 5.02 Å². The fourth-order valence-electron chi connectivity index (χ4n) is 2.37. The number of halogens is 1. The van der Waals surface area contributed by atoms with Gasteiger partial charge in [0.2, 0.25) is 5.88 Å². The number of nitrogens with one attached hydrogen (secondary N) is 2. The average molecular weight is 419 g/mol. The highest BCUT2D eigenvalue weighted by Gasteiger charge is 2.07. The second-order valence-electron chi connectivity index (χ2n) is 5.81. The predicted molar refractivity (Wildman–Crippen MR) is 111 cm³/mol. The minimum Gasteiger partial charge on any atom is -0.494 e. The number of rotatable bonds is 9. The number of ether oxygens (including phenoxy) is 1. The van der Waals surface area contributed by atoms with Crippen molar-refractivity contribution in [1.29, 1.82) is 0 Å². The van der Waals surface area contributed by atoms with Gasteiger partial charge in [0.25, 0.3) is 0 Å². The number of aromatic nitrogens is 1. The molecular weight excluding hydrogens is 400 g/mol. The van der Waals surface area contributed by atoms with Gasteiger partial charge in [0.15, 0.2) is 0 Å². The lowest BCUT2D eigenvalue weighted by atomic mass is 10.1. The maximum absolute atomic E-state index is 11.2. The van der Waals surface area contributed by atoms with Crippen LogP contribution in [0.1, 0.15) is 16.0 Å². The molecule has 0 aliphatic heterocycles. The summed E-state index contributed by atoms with van der Waals surface area (Å²) in [6.07, 6.45) is 4.06. The number of aromatic amines is 1. The molecule has 0 aliphatic carbocycles. The Balaban J connectivity index is 1.35. The van der Waals surface area contributed by atoms with Crippen molar-refractivity contribution in [1.82, 2.24) is 10.5 Å². The van der Waals surface area contributed by atoms with Crippen LogP contribution in [-0.2, 0) is 11.3 Å². The lowest BCUT2D eigenvalue weighted by molar-refractivity contribution is 0.0484. The monoisotopic (exact) mass is 418 g/mol. The van der Waals surface area contributed by atoms with Crippen LogP contribution in [0.25, 0.3) is 6.08 Å². The Morgan fingerprint density at radius 2 is 1.86 bits per heavy atom. The van der Waals surface area contributed by atoms with E-state index >= 15 is 0 Å². The molecule has 8 heteroatoms. The van der Waals surface area contributed by atoms with Crippen LogP contribution in [0.3, 0.4) is 0 Å². The van der Waals surface area contributed by atoms with Gasteiger partial charge >= 0.3 is 4.87 Å². The SMILES string of the molecule is O=c1[nH]c(O)c(Cc2ccc(OCCONC=Cc3ccc(Cl)cc3)cc2)s1. The molecule has 6 nitrogen and oxygen atoms in total. The summed E-state index contributed by atoms with van der Waals surface area (Å²) >= 11 is 6.84. The minimum atomic E-state index is -0.260. The fourth-order valence-corrected chi connectivity index (χ4v) is 3.26. The molecule has 0 saturated heterocycles. The summed E-state index contributed by atoms with van der Waals surface area (Å²) in [5.74, 6) is 0.653. The van der Waals surface area contributed by atoms with Gasteiger partial charge in [0, 0.05) is 17.6 Å². The third-order valence-electron chi connectivity index (χ3n) is 3.74. The molecule has 0 fully saturated rings. The van der Waals surface area contributed by atoms with Gasteiger partial charge in [0.1, 0.15) is 19.0 Å². The smallest absolute Gasteiger partial charge is 0.307 e. The van der Waals surface area contributed by atoms with E-state index in [2.05, 4.69) is 10.5 Å². The van der Waals surface area contributed by atoms with E-state index in [0.717, 1.165) is 28.2 Å². The lowest BCUT2D eigenvalue weighted by Crippen LogP contribution is -2.13. The lowest BCUT2D eigenvalue weighted by Gasteiger charge is -2.07. The first-order chi connectivity index (χ1) is 13.6. The number of thiazole rings is 1. The molecule has 1 heterocycles. The molecule has 0 unspecified atom stereocenters. The first-order valence-electron chi connectivity index (χ1n) is 8.52. The summed E-state index contributed by atoms with van der Waals surface area (Å²) in [7, 11) is 0.